The molecule has 130 valence electrons. The van der Waals surface area contributed by atoms with Crippen molar-refractivity contribution in [3.8, 4) is 0 Å². The van der Waals surface area contributed by atoms with E-state index in [0.29, 0.717) is 33.0 Å². The van der Waals surface area contributed by atoms with Gasteiger partial charge in [-0.2, -0.15) is 0 Å². The fourth-order valence-electron chi connectivity index (χ4n) is 1.28. The molecule has 0 amide bonds. The van der Waals surface area contributed by atoms with Crippen LogP contribution in [0.1, 0.15) is 5.56 Å². The quantitative estimate of drug-likeness (QED) is 0.226. The Hall–Kier alpha value is -1.68. The van der Waals surface area contributed by atoms with Gasteiger partial charge in [0.25, 0.3) is 0 Å². The predicted molar refractivity (Wildman–Crippen MR) is 82.5 cm³/mol. The van der Waals surface area contributed by atoms with Crippen LogP contribution in [-0.4, -0.2) is 52.5 Å². The second-order valence-electron chi connectivity index (χ2n) is 4.30. The highest BCUT2D eigenvalue weighted by atomic mass is 32.2. The van der Waals surface area contributed by atoms with E-state index in [1.54, 1.807) is 12.1 Å². The van der Waals surface area contributed by atoms with E-state index in [1.807, 2.05) is 6.92 Å². The summed E-state index contributed by atoms with van der Waals surface area (Å²) in [6, 6.07) is 5.78. The summed E-state index contributed by atoms with van der Waals surface area (Å²) in [6.07, 6.45) is 0. The third kappa shape index (κ3) is 12.5. The lowest BCUT2D eigenvalue weighted by Gasteiger charge is -2.05. The lowest BCUT2D eigenvalue weighted by Crippen LogP contribution is -2.52. The second kappa shape index (κ2) is 12.8. The van der Waals surface area contributed by atoms with Gasteiger partial charge in [-0.3, -0.25) is 0 Å². The summed E-state index contributed by atoms with van der Waals surface area (Å²) in [4.78, 5) is 2.41. The lowest BCUT2D eigenvalue weighted by molar-refractivity contribution is -0.374. The molecule has 0 aliphatic heterocycles. The van der Waals surface area contributed by atoms with E-state index >= 15 is 0 Å². The second-order valence-corrected chi connectivity index (χ2v) is 5.68. The van der Waals surface area contributed by atoms with Crippen molar-refractivity contribution in [1.82, 2.24) is 0 Å². The van der Waals surface area contributed by atoms with Crippen LogP contribution in [-0.2, 0) is 19.6 Å². The Morgan fingerprint density at radius 2 is 1.74 bits per heavy atom. The molecule has 0 fully saturated rings. The molecule has 9 nitrogen and oxygen atoms in total. The van der Waals surface area contributed by atoms with Gasteiger partial charge < -0.3 is 19.8 Å². The van der Waals surface area contributed by atoms with Gasteiger partial charge in [-0.1, -0.05) is 22.8 Å². The Bertz CT molecular complexity index is 571. The summed E-state index contributed by atoms with van der Waals surface area (Å²) in [5.74, 6) is 0. The summed E-state index contributed by atoms with van der Waals surface area (Å²) >= 11 is 0. The minimum Gasteiger partial charge on any atom is -0.744 e. The molecule has 0 aromatic heterocycles. The molecule has 0 aliphatic rings. The molecule has 0 radical (unpaired) electrons. The first-order valence-corrected chi connectivity index (χ1v) is 8.30. The minimum absolute atomic E-state index is 0.178. The lowest BCUT2D eigenvalue weighted by atomic mass is 10.2. The van der Waals surface area contributed by atoms with Gasteiger partial charge in [0.05, 0.1) is 37.9 Å². The Balaban J connectivity index is 0.000000422. The molecule has 0 spiro atoms. The molecule has 0 bridgehead atoms. The van der Waals surface area contributed by atoms with Crippen LogP contribution in [0.15, 0.2) is 34.3 Å². The van der Waals surface area contributed by atoms with Crippen molar-refractivity contribution in [3.05, 3.63) is 40.3 Å². The summed E-state index contributed by atoms with van der Waals surface area (Å²) in [6.45, 7) is 5.22. The van der Waals surface area contributed by atoms with Crippen molar-refractivity contribution < 1.29 is 28.2 Å². The summed E-state index contributed by atoms with van der Waals surface area (Å²) in [5.41, 5.74) is 12.5. The fourth-order valence-corrected chi connectivity index (χ4v) is 1.75. The van der Waals surface area contributed by atoms with Crippen molar-refractivity contribution in [2.24, 2.45) is 5.11 Å². The van der Waals surface area contributed by atoms with Crippen LogP contribution in [0, 0.1) is 6.92 Å². The van der Waals surface area contributed by atoms with E-state index in [-0.39, 0.29) is 4.90 Å². The van der Waals surface area contributed by atoms with E-state index in [4.69, 9.17) is 15.0 Å². The van der Waals surface area contributed by atoms with Gasteiger partial charge in [-0.15, -0.1) is 0 Å². The van der Waals surface area contributed by atoms with E-state index in [2.05, 4.69) is 15.8 Å². The molecule has 0 heterocycles. The molecule has 1 aromatic carbocycles. The summed E-state index contributed by atoms with van der Waals surface area (Å²) in [7, 11) is -4.27. The highest BCUT2D eigenvalue weighted by Crippen LogP contribution is 2.08. The Morgan fingerprint density at radius 3 is 2.22 bits per heavy atom. The van der Waals surface area contributed by atoms with Gasteiger partial charge in [0.15, 0.2) is 0 Å². The zero-order valence-electron chi connectivity index (χ0n) is 13.1. The minimum atomic E-state index is -4.27. The van der Waals surface area contributed by atoms with Crippen LogP contribution in [0.5, 0.6) is 0 Å². The third-order valence-corrected chi connectivity index (χ3v) is 3.22. The van der Waals surface area contributed by atoms with Crippen molar-refractivity contribution >= 4 is 10.1 Å². The summed E-state index contributed by atoms with van der Waals surface area (Å²) in [5, 5.41) is 3.31. The smallest absolute Gasteiger partial charge is 0.124 e. The number of quaternary nitrogens is 1. The van der Waals surface area contributed by atoms with Crippen LogP contribution >= 0.6 is 0 Å². The van der Waals surface area contributed by atoms with Crippen LogP contribution in [0.3, 0.4) is 0 Å². The van der Waals surface area contributed by atoms with Crippen molar-refractivity contribution in [1.29, 1.82) is 0 Å². The Morgan fingerprint density at radius 1 is 1.17 bits per heavy atom. The van der Waals surface area contributed by atoms with Crippen molar-refractivity contribution in [3.63, 3.8) is 0 Å². The third-order valence-electron chi connectivity index (χ3n) is 2.37. The molecule has 10 heteroatoms. The molecule has 1 aromatic rings. The first kappa shape index (κ1) is 21.3. The standard InChI is InChI=1S/C7H8O3S.C6H14N4O2/c1-6-2-4-7(5-3-6)11(8,9)10;7-1-3-11-5-6-12-4-2-9-10-8/h2-5H,1H3,(H,8,9,10);1-7H2. The van der Waals surface area contributed by atoms with Gasteiger partial charge in [0.2, 0.25) is 0 Å². The molecule has 1 rings (SSSR count). The predicted octanol–water partition coefficient (Wildman–Crippen LogP) is 0.471. The number of nitrogens with zero attached hydrogens (tertiary/aromatic N) is 3. The maximum absolute atomic E-state index is 10.4. The van der Waals surface area contributed by atoms with Crippen LogP contribution in [0.4, 0.5) is 0 Å². The normalized spacial score (nSPS) is 10.4. The number of rotatable bonds is 9. The van der Waals surface area contributed by atoms with Gasteiger partial charge in [-0.05, 0) is 24.6 Å². The van der Waals surface area contributed by atoms with Gasteiger partial charge >= 0.3 is 0 Å². The topological polar surface area (TPSA) is 152 Å². The average molecular weight is 346 g/mol. The number of azide groups is 1. The number of aryl methyl sites for hydroxylation is 1. The fraction of sp³-hybridized carbons (Fsp3) is 0.538. The van der Waals surface area contributed by atoms with Gasteiger partial charge in [0, 0.05) is 11.5 Å². The van der Waals surface area contributed by atoms with E-state index in [1.165, 1.54) is 12.1 Å². The number of hydrogen-bond donors (Lipinski definition) is 1. The SMILES string of the molecule is Cc1ccc(S(=O)(=O)[O-])cc1.[N-]=[N+]=NCCOCCOCC[NH3+]. The zero-order valence-corrected chi connectivity index (χ0v) is 13.9. The van der Waals surface area contributed by atoms with E-state index in [0.717, 1.165) is 12.1 Å². The highest BCUT2D eigenvalue weighted by Gasteiger charge is 1.97. The molecule has 23 heavy (non-hydrogen) atoms. The highest BCUT2D eigenvalue weighted by molar-refractivity contribution is 7.85. The molecule has 0 saturated carbocycles. The number of ether oxygens (including phenoxy) is 2. The van der Waals surface area contributed by atoms with Gasteiger partial charge in [0.1, 0.15) is 10.1 Å². The van der Waals surface area contributed by atoms with Gasteiger partial charge in [-0.25, -0.2) is 8.42 Å². The maximum atomic E-state index is 10.4. The molecule has 0 saturated heterocycles. The molecular formula is C13H22N4O5S. The largest absolute Gasteiger partial charge is 0.744 e. The maximum Gasteiger partial charge on any atom is 0.124 e. The van der Waals surface area contributed by atoms with Crippen LogP contribution < -0.4 is 5.73 Å². The van der Waals surface area contributed by atoms with Crippen molar-refractivity contribution in [2.45, 2.75) is 11.8 Å². The molecule has 0 aliphatic carbocycles. The zero-order chi connectivity index (χ0) is 17.6. The first-order chi connectivity index (χ1) is 10.9. The molecular weight excluding hydrogens is 324 g/mol. The first-order valence-electron chi connectivity index (χ1n) is 6.90. The van der Waals surface area contributed by atoms with Crippen LogP contribution in [0.2, 0.25) is 0 Å². The molecule has 0 atom stereocenters. The monoisotopic (exact) mass is 346 g/mol. The molecule has 3 N–H and O–H groups in total. The Labute approximate surface area is 135 Å². The average Bonchev–Trinajstić information content (AvgIpc) is 2.50. The number of hydrogen-bond acceptors (Lipinski definition) is 6. The summed E-state index contributed by atoms with van der Waals surface area (Å²) < 4.78 is 41.3. The number of benzene rings is 1. The van der Waals surface area contributed by atoms with E-state index in [9.17, 15) is 13.0 Å². The molecule has 0 unspecified atom stereocenters. The van der Waals surface area contributed by atoms with Crippen molar-refractivity contribution in [2.75, 3.05) is 39.5 Å². The Kier molecular flexibility index (Phi) is 11.9. The van der Waals surface area contributed by atoms with E-state index < -0.39 is 10.1 Å². The van der Waals surface area contributed by atoms with Crippen LogP contribution in [0.25, 0.3) is 10.4 Å².